The van der Waals surface area contributed by atoms with Gasteiger partial charge in [0.1, 0.15) is 45.1 Å². The molecule has 448 valence electrons. The molecule has 0 radical (unpaired) electrons. The smallest absolute Gasteiger partial charge is 0.270 e. The van der Waals surface area contributed by atoms with Crippen LogP contribution in [0.3, 0.4) is 0 Å². The van der Waals surface area contributed by atoms with E-state index in [0.29, 0.717) is 88.5 Å². The molecule has 4 aliphatic rings. The van der Waals surface area contributed by atoms with Crippen LogP contribution in [0.2, 0.25) is 0 Å². The first kappa shape index (κ1) is 60.8. The minimum absolute atomic E-state index is 0.0199. The Labute approximate surface area is 477 Å². The number of sulfonamides is 2. The Morgan fingerprint density at radius 1 is 0.561 bits per heavy atom. The van der Waals surface area contributed by atoms with Crippen molar-refractivity contribution in [3.63, 3.8) is 0 Å². The number of hydrogen-bond donors (Lipinski definition) is 4. The van der Waals surface area contributed by atoms with Crippen LogP contribution in [0.4, 0.5) is 17.6 Å². The number of aromatic amines is 2. The summed E-state index contributed by atoms with van der Waals surface area (Å²) in [7, 11) is -6.58. The Morgan fingerprint density at radius 3 is 1.23 bits per heavy atom. The van der Waals surface area contributed by atoms with Gasteiger partial charge in [0, 0.05) is 102 Å². The van der Waals surface area contributed by atoms with Crippen LogP contribution >= 0.6 is 0 Å². The second-order valence-electron chi connectivity index (χ2n) is 22.4. The fourth-order valence-corrected chi connectivity index (χ4v) is 13.9. The molecule has 2 aromatic carbocycles. The molecule has 6 aromatic rings. The van der Waals surface area contributed by atoms with Crippen molar-refractivity contribution in [1.29, 1.82) is 0 Å². The summed E-state index contributed by atoms with van der Waals surface area (Å²) in [6.07, 6.45) is 19.9. The minimum atomic E-state index is -3.29. The van der Waals surface area contributed by atoms with E-state index < -0.39 is 55.4 Å². The lowest BCUT2D eigenvalue weighted by Gasteiger charge is -2.33. The highest BCUT2D eigenvalue weighted by Crippen LogP contribution is 2.37. The van der Waals surface area contributed by atoms with Gasteiger partial charge in [-0.3, -0.25) is 28.8 Å². The molecule has 2 saturated heterocycles. The maximum atomic E-state index is 15.8. The number of nitrogens with one attached hydrogen (secondary N) is 4. The highest BCUT2D eigenvalue weighted by molar-refractivity contribution is 7.88. The fourth-order valence-electron chi connectivity index (χ4n) is 12.2. The lowest BCUT2D eigenvalue weighted by Crippen LogP contribution is -2.47. The molecule has 26 heteroatoms. The summed E-state index contributed by atoms with van der Waals surface area (Å²) in [6.45, 7) is 8.09. The molecule has 2 aliphatic heterocycles. The van der Waals surface area contributed by atoms with Crippen molar-refractivity contribution in [2.24, 2.45) is 11.8 Å². The molecule has 0 spiro atoms. The van der Waals surface area contributed by atoms with Gasteiger partial charge in [-0.05, 0) is 75.6 Å². The van der Waals surface area contributed by atoms with E-state index in [1.54, 1.807) is 33.9 Å². The van der Waals surface area contributed by atoms with Crippen LogP contribution in [0.15, 0.2) is 36.7 Å². The number of nitrogens with zero attached hydrogens (tertiary/aromatic N) is 10. The fraction of sp³-hybridized carbons (Fsp3) is 0.607. The van der Waals surface area contributed by atoms with Crippen LogP contribution in [0.1, 0.15) is 160 Å². The van der Waals surface area contributed by atoms with Gasteiger partial charge in [-0.2, -0.15) is 18.8 Å². The average molecular weight is 1180 g/mol. The van der Waals surface area contributed by atoms with Gasteiger partial charge in [0.05, 0.1) is 24.6 Å². The van der Waals surface area contributed by atoms with Crippen LogP contribution in [0, 0.1) is 35.1 Å². The number of aryl methyl sites for hydroxylation is 2. The number of H-pyrrole nitrogens is 2. The zero-order chi connectivity index (χ0) is 58.3. The molecule has 2 atom stereocenters. The van der Waals surface area contributed by atoms with Crippen LogP contribution in [0.25, 0.3) is 22.1 Å². The number of rotatable bonds is 16. The summed E-state index contributed by atoms with van der Waals surface area (Å²) in [5, 5.41) is 14.7. The summed E-state index contributed by atoms with van der Waals surface area (Å²) in [5.41, 5.74) is 0.985. The third-order valence-corrected chi connectivity index (χ3v) is 19.4. The molecular formula is C56H78F4N14O6S2. The van der Waals surface area contributed by atoms with Gasteiger partial charge >= 0.3 is 0 Å². The van der Waals surface area contributed by atoms with Crippen molar-refractivity contribution in [3.8, 4) is 0 Å². The second-order valence-corrected chi connectivity index (χ2v) is 26.4. The number of hydrogen-bond acceptors (Lipinski definition) is 12. The number of carbonyl (C=O) groups excluding carboxylic acids is 2. The summed E-state index contributed by atoms with van der Waals surface area (Å²) >= 11 is 0. The number of piperazine rings is 2. The number of fused-ring (bicyclic) bond motifs is 2. The van der Waals surface area contributed by atoms with E-state index in [-0.39, 0.29) is 69.9 Å². The van der Waals surface area contributed by atoms with Crippen molar-refractivity contribution in [2.45, 2.75) is 142 Å². The normalized spacial score (nSPS) is 19.2. The summed E-state index contributed by atoms with van der Waals surface area (Å²) in [4.78, 5) is 45.7. The van der Waals surface area contributed by atoms with E-state index in [0.717, 1.165) is 77.0 Å². The monoisotopic (exact) mass is 1180 g/mol. The van der Waals surface area contributed by atoms with Crippen molar-refractivity contribution >= 4 is 53.9 Å². The van der Waals surface area contributed by atoms with Gasteiger partial charge in [0.15, 0.2) is 23.3 Å². The molecular weight excluding hydrogens is 1100 g/mol. The average Bonchev–Trinajstić information content (AvgIpc) is 4.36. The highest BCUT2D eigenvalue weighted by atomic mass is 32.2. The molecule has 2 saturated carbocycles. The number of amides is 2. The third-order valence-electron chi connectivity index (χ3n) is 16.8. The van der Waals surface area contributed by atoms with Gasteiger partial charge in [-0.1, -0.05) is 64.2 Å². The van der Waals surface area contributed by atoms with Gasteiger partial charge in [0.2, 0.25) is 20.0 Å². The number of imidazole rings is 2. The highest BCUT2D eigenvalue weighted by Gasteiger charge is 2.34. The number of benzene rings is 2. The minimum Gasteiger partial charge on any atom is -0.340 e. The zero-order valence-electron chi connectivity index (χ0n) is 47.4. The van der Waals surface area contributed by atoms with Gasteiger partial charge in [-0.15, -0.1) is 0 Å². The molecule has 4 aromatic heterocycles. The maximum absolute atomic E-state index is 15.8. The first-order valence-corrected chi connectivity index (χ1v) is 32.7. The largest absolute Gasteiger partial charge is 0.340 e. The SMILES string of the molecule is CCn1nccc1C(=O)N[C@@H](c1nc2c(F)cc(CN3CCN(S(C)(=O)=O)CC3)c(F)c2[nH]1)C1CCCCCCC1.CCn1nccc1C(=O)N[C@H](c1nc2c(F)cc(CN3CCN(S(C)(=O)=O)CC3)c(F)c2[nH]1)C1CCCCCCC1. The number of carbonyl (C=O) groups is 2. The first-order valence-electron chi connectivity index (χ1n) is 29.0. The van der Waals surface area contributed by atoms with E-state index in [4.69, 9.17) is 0 Å². The Morgan fingerprint density at radius 2 is 0.902 bits per heavy atom. The summed E-state index contributed by atoms with van der Waals surface area (Å²) < 4.78 is 116. The van der Waals surface area contributed by atoms with Crippen molar-refractivity contribution in [1.82, 2.24) is 68.5 Å². The quantitative estimate of drug-likeness (QED) is 0.0677. The molecule has 10 rings (SSSR count). The molecule has 2 aliphatic carbocycles. The molecule has 0 bridgehead atoms. The third kappa shape index (κ3) is 14.4. The van der Waals surface area contributed by atoms with Gasteiger partial charge in [-0.25, -0.2) is 44.4 Å². The Kier molecular flexibility index (Phi) is 19.9. The predicted octanol–water partition coefficient (Wildman–Crippen LogP) is 7.93. The van der Waals surface area contributed by atoms with Gasteiger partial charge < -0.3 is 20.6 Å². The van der Waals surface area contributed by atoms with Gasteiger partial charge in [0.25, 0.3) is 11.8 Å². The van der Waals surface area contributed by atoms with Crippen LogP contribution in [-0.2, 0) is 46.2 Å². The standard InChI is InChI=1S/2C28H39F2N7O3S/c2*1-3-37-22(11-12-31-37)28(38)34-24(19-9-7-5-4-6-8-10-19)27-32-25-21(29)17-20(23(30)26(25)33-27)18-35-13-15-36(16-14-35)41(2,39)40/h2*11-12,17,19,24H,3-10,13-16,18H2,1-2H3,(H,32,33)(H,34,38)/t2*24-/m10/s1. The molecule has 6 heterocycles. The second kappa shape index (κ2) is 26.8. The predicted molar refractivity (Wildman–Crippen MR) is 303 cm³/mol. The summed E-state index contributed by atoms with van der Waals surface area (Å²) in [6, 6.07) is 4.59. The Balaban J connectivity index is 0.000000198. The Bertz CT molecular complexity index is 3170. The molecule has 4 N–H and O–H groups in total. The van der Waals surface area contributed by atoms with E-state index in [9.17, 15) is 26.4 Å². The summed E-state index contributed by atoms with van der Waals surface area (Å²) in [5.74, 6) is -2.23. The zero-order valence-corrected chi connectivity index (χ0v) is 49.0. The van der Waals surface area contributed by atoms with Crippen LogP contribution < -0.4 is 10.6 Å². The lowest BCUT2D eigenvalue weighted by atomic mass is 9.85. The molecule has 2 amide bonds. The Hall–Kier alpha value is -5.80. The van der Waals surface area contributed by atoms with E-state index in [1.807, 2.05) is 23.6 Å². The first-order chi connectivity index (χ1) is 39.3. The molecule has 0 unspecified atom stereocenters. The molecule has 82 heavy (non-hydrogen) atoms. The number of aromatic nitrogens is 8. The van der Waals surface area contributed by atoms with Crippen molar-refractivity contribution in [3.05, 3.63) is 94.1 Å². The van der Waals surface area contributed by atoms with E-state index in [2.05, 4.69) is 40.8 Å². The molecule has 4 fully saturated rings. The molecule has 20 nitrogen and oxygen atoms in total. The van der Waals surface area contributed by atoms with Crippen molar-refractivity contribution < 1.29 is 44.0 Å². The maximum Gasteiger partial charge on any atom is 0.270 e. The number of halogens is 4. The van der Waals surface area contributed by atoms with E-state index in [1.165, 1.54) is 46.1 Å². The lowest BCUT2D eigenvalue weighted by molar-refractivity contribution is 0.0893. The van der Waals surface area contributed by atoms with Crippen LogP contribution in [-0.4, -0.2) is 151 Å². The van der Waals surface area contributed by atoms with Crippen molar-refractivity contribution in [2.75, 3.05) is 64.9 Å². The topological polar surface area (TPSA) is 232 Å². The van der Waals surface area contributed by atoms with Crippen LogP contribution in [0.5, 0.6) is 0 Å². The van der Waals surface area contributed by atoms with E-state index >= 15 is 17.6 Å².